The molecule has 0 unspecified atom stereocenters. The van der Waals surface area contributed by atoms with E-state index in [4.69, 9.17) is 9.47 Å². The van der Waals surface area contributed by atoms with E-state index in [2.05, 4.69) is 9.97 Å². The minimum absolute atomic E-state index is 0.00145. The maximum atomic E-state index is 15.2. The molecule has 9 atom stereocenters. The van der Waals surface area contributed by atoms with E-state index < -0.39 is 88.6 Å². The molecule has 17 nitrogen and oxygen atoms in total. The number of nitrogens with one attached hydrogen (secondary N) is 1. The number of benzene rings is 3. The van der Waals surface area contributed by atoms with E-state index in [1.165, 1.54) is 30.6 Å². The molecule has 5 aliphatic rings. The Kier molecular flexibility index (Phi) is 11.2. The van der Waals surface area contributed by atoms with Crippen LogP contribution in [0.3, 0.4) is 0 Å². The van der Waals surface area contributed by atoms with Crippen LogP contribution < -0.4 is 9.64 Å². The first-order valence-corrected chi connectivity index (χ1v) is 21.6. The fourth-order valence-electron chi connectivity index (χ4n) is 11.5. The molecule has 0 bridgehead atoms. The van der Waals surface area contributed by atoms with Gasteiger partial charge in [0.05, 0.1) is 18.6 Å². The van der Waals surface area contributed by atoms with Crippen LogP contribution in [0.25, 0.3) is 6.08 Å². The molecular weight excluding hydrogens is 843 g/mol. The highest BCUT2D eigenvalue weighted by Crippen LogP contribution is 2.74. The molecule has 0 radical (unpaired) electrons. The van der Waals surface area contributed by atoms with E-state index in [0.717, 1.165) is 35.9 Å². The number of amides is 1. The first kappa shape index (κ1) is 44.2. The SMILES string of the molecule is O=C(/C=C/c1ccc(O)c(Cc2cnc[nH]2)c1)N1c2cc(O[C@]3(O)O[C@H](CO)[C@@H](O)[C@H](O)[C@H]3O)c(O)cc2[C@@H]2[C@@]1(C(=O)O)C=C1C[C@@H](CO)C=C[C@]12C1(c2ccccc2O)CCCCC1. The molecule has 1 saturated carbocycles. The lowest BCUT2D eigenvalue weighted by molar-refractivity contribution is -0.422. The number of carbonyl (C=O) groups excluding carboxylic acids is 1. The van der Waals surface area contributed by atoms with Crippen molar-refractivity contribution >= 4 is 23.6 Å². The van der Waals surface area contributed by atoms with Crippen molar-refractivity contribution in [1.29, 1.82) is 0 Å². The van der Waals surface area contributed by atoms with Gasteiger partial charge in [-0.25, -0.2) is 9.78 Å². The number of carboxylic acid groups (broad SMARTS) is 1. The highest BCUT2D eigenvalue weighted by atomic mass is 16.8. The van der Waals surface area contributed by atoms with Crippen LogP contribution in [0.4, 0.5) is 5.69 Å². The van der Waals surface area contributed by atoms with E-state index in [1.54, 1.807) is 42.6 Å². The molecule has 2 fully saturated rings. The van der Waals surface area contributed by atoms with E-state index in [1.807, 2.05) is 18.2 Å². The largest absolute Gasteiger partial charge is 0.508 e. The number of aliphatic hydroxyl groups is 6. The topological polar surface area (TPSA) is 287 Å². The van der Waals surface area contributed by atoms with Crippen LogP contribution in [0.15, 0.2) is 97.0 Å². The lowest BCUT2D eigenvalue weighted by Crippen LogP contribution is -2.67. The van der Waals surface area contributed by atoms with Crippen molar-refractivity contribution in [2.24, 2.45) is 11.3 Å². The normalized spacial score (nSPS) is 31.3. The van der Waals surface area contributed by atoms with Gasteiger partial charge in [-0.2, -0.15) is 0 Å². The van der Waals surface area contributed by atoms with Crippen molar-refractivity contribution in [1.82, 2.24) is 9.97 Å². The van der Waals surface area contributed by atoms with E-state index in [0.29, 0.717) is 35.1 Å². The van der Waals surface area contributed by atoms with Gasteiger partial charge in [0, 0.05) is 70.9 Å². The summed E-state index contributed by atoms with van der Waals surface area (Å²) < 4.78 is 11.1. The Bertz CT molecular complexity index is 2590. The Hall–Kier alpha value is -6.05. The van der Waals surface area contributed by atoms with Crippen molar-refractivity contribution in [2.75, 3.05) is 18.1 Å². The number of imidazole rings is 1. The molecule has 3 heterocycles. The van der Waals surface area contributed by atoms with E-state index in [9.17, 15) is 55.9 Å². The maximum Gasteiger partial charge on any atom is 0.355 e. The van der Waals surface area contributed by atoms with E-state index in [-0.39, 0.29) is 42.2 Å². The zero-order chi connectivity index (χ0) is 46.1. The minimum Gasteiger partial charge on any atom is -0.508 e. The summed E-state index contributed by atoms with van der Waals surface area (Å²) in [6.45, 7) is -1.17. The van der Waals surface area contributed by atoms with Crippen molar-refractivity contribution < 1.29 is 70.1 Å². The molecule has 2 aliphatic heterocycles. The average Bonchev–Trinajstić information content (AvgIpc) is 4.00. The van der Waals surface area contributed by atoms with Crippen LogP contribution in [0.1, 0.15) is 72.4 Å². The number of hydrogen-bond acceptors (Lipinski definition) is 14. The first-order chi connectivity index (χ1) is 31.1. The summed E-state index contributed by atoms with van der Waals surface area (Å²) in [6, 6.07) is 14.0. The number of phenolic OH excluding ortho intramolecular Hbond substituents is 3. The molecule has 3 aliphatic carbocycles. The molecule has 1 amide bonds. The number of hydrogen-bond donors (Lipinski definition) is 11. The number of fused-ring (bicyclic) bond motifs is 5. The maximum absolute atomic E-state index is 15.2. The number of carbonyl (C=O) groups is 2. The number of aliphatic carboxylic acids is 1. The Balaban J connectivity index is 1.25. The van der Waals surface area contributed by atoms with Gasteiger partial charge in [-0.15, -0.1) is 0 Å². The number of aromatic hydroxyl groups is 3. The number of aliphatic hydroxyl groups excluding tert-OH is 5. The first-order valence-electron chi connectivity index (χ1n) is 21.6. The molecule has 11 N–H and O–H groups in total. The molecule has 3 aromatic carbocycles. The predicted octanol–water partition coefficient (Wildman–Crippen LogP) is 2.98. The summed E-state index contributed by atoms with van der Waals surface area (Å²) in [5, 5.41) is 110. The smallest absolute Gasteiger partial charge is 0.355 e. The number of nitrogens with zero attached hydrogens (tertiary/aromatic N) is 2. The van der Waals surface area contributed by atoms with Crippen molar-refractivity contribution in [3.8, 4) is 23.0 Å². The number of aromatic amines is 1. The van der Waals surface area contributed by atoms with Gasteiger partial charge in [0.15, 0.2) is 23.1 Å². The van der Waals surface area contributed by atoms with Gasteiger partial charge in [0.1, 0.15) is 29.8 Å². The highest BCUT2D eigenvalue weighted by Gasteiger charge is 2.74. The van der Waals surface area contributed by atoms with Gasteiger partial charge in [0.2, 0.25) is 0 Å². The summed E-state index contributed by atoms with van der Waals surface area (Å²) in [5.74, 6) is -8.38. The van der Waals surface area contributed by atoms with Crippen molar-refractivity contribution in [3.63, 3.8) is 0 Å². The van der Waals surface area contributed by atoms with Gasteiger partial charge in [-0.3, -0.25) is 9.69 Å². The lowest BCUT2D eigenvalue weighted by Gasteiger charge is -2.57. The molecule has 1 saturated heterocycles. The Labute approximate surface area is 372 Å². The third-order valence-corrected chi connectivity index (χ3v) is 14.3. The third kappa shape index (κ3) is 6.75. The van der Waals surface area contributed by atoms with Gasteiger partial charge < -0.3 is 65.5 Å². The second kappa shape index (κ2) is 16.4. The van der Waals surface area contributed by atoms with Gasteiger partial charge in [-0.05, 0) is 66.8 Å². The zero-order valence-corrected chi connectivity index (χ0v) is 35.1. The molecule has 65 heavy (non-hydrogen) atoms. The van der Waals surface area contributed by atoms with Gasteiger partial charge >= 0.3 is 11.9 Å². The summed E-state index contributed by atoms with van der Waals surface area (Å²) in [4.78, 5) is 37.9. The van der Waals surface area contributed by atoms with Crippen LogP contribution in [0.2, 0.25) is 0 Å². The molecule has 4 aromatic rings. The third-order valence-electron chi connectivity index (χ3n) is 14.3. The summed E-state index contributed by atoms with van der Waals surface area (Å²) >= 11 is 0. The molecule has 17 heteroatoms. The number of anilines is 1. The number of aromatic nitrogens is 2. The van der Waals surface area contributed by atoms with Crippen LogP contribution in [-0.4, -0.2) is 122 Å². The number of carboxylic acids is 1. The standard InChI is InChI=1S/C48H51N3O14/c52-23-27-12-15-46(45(13-4-1-5-14-45)32-6-2-3-7-35(32)55)29(17-27)21-47(44(61)62)42(46)31-19-36(56)37(64-48(63)43(60)41(59)40(58)38(24-53)65-48)20-33(31)51(47)39(57)11-9-26-8-10-34(54)28(16-26)18-30-22-49-25-50-30/h2-3,6-12,15-16,19-22,25,27,38,40-43,52-56,58-60,63H,1,4-5,13-14,17-18,23-24H2,(H,49,50)(H,61,62)/b11-9+/t27-,38+,40+,41-,42-,43+,46-,47+,48-/m0/s1. The second-order valence-corrected chi connectivity index (χ2v) is 17.8. The average molecular weight is 894 g/mol. The molecule has 9 rings (SSSR count). The monoisotopic (exact) mass is 893 g/mol. The number of rotatable bonds is 11. The molecule has 342 valence electrons. The number of allylic oxidation sites excluding steroid dienone is 2. The van der Waals surface area contributed by atoms with E-state index >= 15 is 4.79 Å². The van der Waals surface area contributed by atoms with Crippen molar-refractivity contribution in [2.45, 2.75) is 92.2 Å². The molecule has 1 aromatic heterocycles. The van der Waals surface area contributed by atoms with Gasteiger partial charge in [0.25, 0.3) is 5.91 Å². The zero-order valence-electron chi connectivity index (χ0n) is 35.1. The van der Waals surface area contributed by atoms with Crippen LogP contribution in [0, 0.1) is 11.3 Å². The fourth-order valence-corrected chi connectivity index (χ4v) is 11.5. The Morgan fingerprint density at radius 3 is 2.40 bits per heavy atom. The molecule has 0 spiro atoms. The molecular formula is C48H51N3O14. The summed E-state index contributed by atoms with van der Waals surface area (Å²) in [6.07, 6.45) is 6.96. The quantitative estimate of drug-likeness (QED) is 0.0587. The Morgan fingerprint density at radius 1 is 0.938 bits per heavy atom. The van der Waals surface area contributed by atoms with Crippen molar-refractivity contribution in [3.05, 3.63) is 125 Å². The van der Waals surface area contributed by atoms with Crippen LogP contribution in [-0.2, 0) is 26.2 Å². The fraction of sp³-hybridized carbons (Fsp3) is 0.396. The van der Waals surface area contributed by atoms with Gasteiger partial charge in [-0.1, -0.05) is 61.3 Å². The lowest BCUT2D eigenvalue weighted by atomic mass is 9.45. The minimum atomic E-state index is -3.19. The summed E-state index contributed by atoms with van der Waals surface area (Å²) in [7, 11) is 0. The summed E-state index contributed by atoms with van der Waals surface area (Å²) in [5.41, 5.74) is -1.49. The van der Waals surface area contributed by atoms with Crippen LogP contribution >= 0.6 is 0 Å². The number of para-hydroxylation sites is 1. The number of ether oxygens (including phenoxy) is 2. The second-order valence-electron chi connectivity index (χ2n) is 17.8. The van der Waals surface area contributed by atoms with Crippen LogP contribution in [0.5, 0.6) is 23.0 Å². The number of H-pyrrole nitrogens is 1. The highest BCUT2D eigenvalue weighted by molar-refractivity contribution is 6.13. The Morgan fingerprint density at radius 2 is 1.71 bits per heavy atom. The predicted molar refractivity (Wildman–Crippen MR) is 231 cm³/mol. The number of phenols is 3.